The van der Waals surface area contributed by atoms with E-state index >= 15 is 0 Å². The summed E-state index contributed by atoms with van der Waals surface area (Å²) < 4.78 is 4.70. The predicted molar refractivity (Wildman–Crippen MR) is 70.8 cm³/mol. The Kier molecular flexibility index (Phi) is 5.36. The maximum Gasteiger partial charge on any atom is 0.511 e. The van der Waals surface area contributed by atoms with Gasteiger partial charge in [0.05, 0.1) is 0 Å². The second-order valence-electron chi connectivity index (χ2n) is 4.30. The summed E-state index contributed by atoms with van der Waals surface area (Å²) in [4.78, 5) is 10.6. The van der Waals surface area contributed by atoms with Crippen molar-refractivity contribution in [2.24, 2.45) is 0 Å². The third kappa shape index (κ3) is 4.20. The van der Waals surface area contributed by atoms with E-state index in [0.29, 0.717) is 17.7 Å². The van der Waals surface area contributed by atoms with E-state index in [0.717, 1.165) is 24.8 Å². The first-order valence-electron chi connectivity index (χ1n) is 6.13. The highest BCUT2D eigenvalue weighted by atomic mass is 16.7. The molecule has 0 radical (unpaired) electrons. The first-order valence-corrected chi connectivity index (χ1v) is 6.13. The van der Waals surface area contributed by atoms with Crippen molar-refractivity contribution in [3.63, 3.8) is 0 Å². The van der Waals surface area contributed by atoms with Gasteiger partial charge in [-0.25, -0.2) is 4.79 Å². The Morgan fingerprint density at radius 2 is 2.11 bits per heavy atom. The molecule has 2 N–H and O–H groups in total. The zero-order valence-electron chi connectivity index (χ0n) is 10.8. The quantitative estimate of drug-likeness (QED) is 0.346. The molecular weight excluding hydrogens is 230 g/mol. The van der Waals surface area contributed by atoms with Gasteiger partial charge in [0, 0.05) is 11.3 Å². The lowest BCUT2D eigenvalue weighted by Crippen LogP contribution is -2.09. The summed E-state index contributed by atoms with van der Waals surface area (Å²) in [5.74, 6) is 0.245. The fraction of sp³-hybridized carbons (Fsp3) is 0.429. The van der Waals surface area contributed by atoms with Crippen LogP contribution in [-0.2, 0) is 0 Å². The molecule has 0 aliphatic rings. The van der Waals surface area contributed by atoms with E-state index in [1.807, 2.05) is 6.92 Å². The van der Waals surface area contributed by atoms with E-state index in [2.05, 4.69) is 6.92 Å². The van der Waals surface area contributed by atoms with Gasteiger partial charge >= 0.3 is 6.16 Å². The Morgan fingerprint density at radius 1 is 1.39 bits per heavy atom. The Labute approximate surface area is 107 Å². The molecule has 4 nitrogen and oxygen atoms in total. The number of benzene rings is 1. The summed E-state index contributed by atoms with van der Waals surface area (Å²) in [7, 11) is 0. The normalized spacial score (nSPS) is 10.1. The van der Waals surface area contributed by atoms with E-state index in [1.54, 1.807) is 18.2 Å². The van der Waals surface area contributed by atoms with Crippen molar-refractivity contribution in [2.45, 2.75) is 39.5 Å². The maximum atomic E-state index is 10.6. The molecule has 0 fully saturated rings. The fourth-order valence-electron chi connectivity index (χ4n) is 1.75. The SMILES string of the molecule is CCCCCC(=N)c1cc(C)ccc1OC(=O)O. The lowest BCUT2D eigenvalue weighted by atomic mass is 10.0. The van der Waals surface area contributed by atoms with Gasteiger partial charge in [-0.05, 0) is 31.9 Å². The monoisotopic (exact) mass is 249 g/mol. The second-order valence-corrected chi connectivity index (χ2v) is 4.30. The summed E-state index contributed by atoms with van der Waals surface area (Å²) in [6.07, 6.45) is 2.41. The Bertz CT molecular complexity index is 441. The van der Waals surface area contributed by atoms with Gasteiger partial charge in [-0.15, -0.1) is 0 Å². The predicted octanol–water partition coefficient (Wildman–Crippen LogP) is 4.00. The van der Waals surface area contributed by atoms with Crippen molar-refractivity contribution in [1.82, 2.24) is 0 Å². The van der Waals surface area contributed by atoms with Gasteiger partial charge in [0.2, 0.25) is 0 Å². The van der Waals surface area contributed by atoms with Gasteiger partial charge in [0.1, 0.15) is 5.75 Å². The number of carboxylic acid groups (broad SMARTS) is 1. The Hall–Kier alpha value is -1.84. The van der Waals surface area contributed by atoms with Crippen LogP contribution >= 0.6 is 0 Å². The first kappa shape index (κ1) is 14.2. The number of carbonyl (C=O) groups is 1. The number of ether oxygens (including phenoxy) is 1. The standard InChI is InChI=1S/C14H19NO3/c1-3-4-5-6-12(15)11-9-10(2)7-8-13(11)18-14(16)17/h7-9,15H,3-6H2,1-2H3,(H,16,17). The molecule has 0 atom stereocenters. The highest BCUT2D eigenvalue weighted by Gasteiger charge is 2.12. The topological polar surface area (TPSA) is 70.4 Å². The van der Waals surface area contributed by atoms with Crippen LogP contribution in [0.5, 0.6) is 5.75 Å². The highest BCUT2D eigenvalue weighted by Crippen LogP contribution is 2.22. The average molecular weight is 249 g/mol. The van der Waals surface area contributed by atoms with Gasteiger partial charge in [0.15, 0.2) is 0 Å². The molecule has 98 valence electrons. The van der Waals surface area contributed by atoms with Crippen LogP contribution in [0, 0.1) is 12.3 Å². The minimum Gasteiger partial charge on any atom is -0.449 e. The van der Waals surface area contributed by atoms with Crippen molar-refractivity contribution < 1.29 is 14.6 Å². The van der Waals surface area contributed by atoms with Crippen LogP contribution < -0.4 is 4.74 Å². The third-order valence-corrected chi connectivity index (χ3v) is 2.69. The van der Waals surface area contributed by atoms with Crippen LogP contribution in [0.3, 0.4) is 0 Å². The third-order valence-electron chi connectivity index (χ3n) is 2.69. The van der Waals surface area contributed by atoms with E-state index in [9.17, 15) is 4.79 Å². The molecular formula is C14H19NO3. The summed E-state index contributed by atoms with van der Waals surface area (Å²) in [6.45, 7) is 4.02. The number of hydrogen-bond donors (Lipinski definition) is 2. The maximum absolute atomic E-state index is 10.6. The number of unbranched alkanes of at least 4 members (excludes halogenated alkanes) is 2. The Morgan fingerprint density at radius 3 is 2.72 bits per heavy atom. The van der Waals surface area contributed by atoms with Gasteiger partial charge in [-0.1, -0.05) is 31.4 Å². The fourth-order valence-corrected chi connectivity index (χ4v) is 1.75. The number of nitrogens with one attached hydrogen (secondary N) is 1. The van der Waals surface area contributed by atoms with Crippen LogP contribution in [0.25, 0.3) is 0 Å². The smallest absolute Gasteiger partial charge is 0.449 e. The Balaban J connectivity index is 2.86. The van der Waals surface area contributed by atoms with Crippen molar-refractivity contribution in [1.29, 1.82) is 5.41 Å². The van der Waals surface area contributed by atoms with Crippen molar-refractivity contribution in [3.05, 3.63) is 29.3 Å². The summed E-state index contributed by atoms with van der Waals surface area (Å²) in [6, 6.07) is 5.18. The average Bonchev–Trinajstić information content (AvgIpc) is 2.31. The molecule has 0 saturated carbocycles. The van der Waals surface area contributed by atoms with E-state index in [-0.39, 0.29) is 5.75 Å². The number of aryl methyl sites for hydroxylation is 1. The zero-order chi connectivity index (χ0) is 13.5. The first-order chi connectivity index (χ1) is 8.54. The molecule has 0 aliphatic heterocycles. The lowest BCUT2D eigenvalue weighted by molar-refractivity contribution is 0.144. The van der Waals surface area contributed by atoms with E-state index < -0.39 is 6.16 Å². The molecule has 0 aromatic heterocycles. The van der Waals surface area contributed by atoms with Crippen molar-refractivity contribution in [2.75, 3.05) is 0 Å². The minimum atomic E-state index is -1.35. The molecule has 0 spiro atoms. The molecule has 0 heterocycles. The van der Waals surface area contributed by atoms with Crippen molar-refractivity contribution in [3.8, 4) is 5.75 Å². The summed E-state index contributed by atoms with van der Waals surface area (Å²) >= 11 is 0. The molecule has 18 heavy (non-hydrogen) atoms. The zero-order valence-corrected chi connectivity index (χ0v) is 10.8. The van der Waals surface area contributed by atoms with Crippen molar-refractivity contribution >= 4 is 11.9 Å². The van der Waals surface area contributed by atoms with Gasteiger partial charge in [0.25, 0.3) is 0 Å². The molecule has 1 aromatic carbocycles. The molecule has 0 amide bonds. The van der Waals surface area contributed by atoms with Gasteiger partial charge < -0.3 is 15.3 Å². The summed E-state index contributed by atoms with van der Waals surface area (Å²) in [5.41, 5.74) is 2.00. The van der Waals surface area contributed by atoms with E-state index in [1.165, 1.54) is 0 Å². The number of rotatable bonds is 6. The largest absolute Gasteiger partial charge is 0.511 e. The van der Waals surface area contributed by atoms with Gasteiger partial charge in [-0.3, -0.25) is 0 Å². The molecule has 0 saturated heterocycles. The molecule has 1 rings (SSSR count). The molecule has 0 aliphatic carbocycles. The lowest BCUT2D eigenvalue weighted by Gasteiger charge is -2.10. The van der Waals surface area contributed by atoms with E-state index in [4.69, 9.17) is 15.3 Å². The molecule has 0 bridgehead atoms. The van der Waals surface area contributed by atoms with Crippen LogP contribution in [0.15, 0.2) is 18.2 Å². The molecule has 4 heteroatoms. The molecule has 0 unspecified atom stereocenters. The molecule has 1 aromatic rings. The second kappa shape index (κ2) is 6.79. The highest BCUT2D eigenvalue weighted by molar-refractivity contribution is 6.01. The summed E-state index contributed by atoms with van der Waals surface area (Å²) in [5, 5.41) is 16.7. The minimum absolute atomic E-state index is 0.245. The van der Waals surface area contributed by atoms with Crippen LogP contribution in [0.4, 0.5) is 4.79 Å². The van der Waals surface area contributed by atoms with Gasteiger partial charge in [-0.2, -0.15) is 0 Å². The van der Waals surface area contributed by atoms with Crippen LogP contribution in [-0.4, -0.2) is 17.0 Å². The number of hydrogen-bond acceptors (Lipinski definition) is 3. The van der Waals surface area contributed by atoms with Crippen LogP contribution in [0.2, 0.25) is 0 Å². The van der Waals surface area contributed by atoms with Crippen LogP contribution in [0.1, 0.15) is 43.7 Å².